The molecule has 0 spiro atoms. The van der Waals surface area contributed by atoms with Crippen LogP contribution in [0.4, 0.5) is 24.5 Å². The lowest BCUT2D eigenvalue weighted by atomic mass is 10.2. The van der Waals surface area contributed by atoms with Gasteiger partial charge in [-0.3, -0.25) is 19.1 Å². The monoisotopic (exact) mass is 444 g/mol. The Bertz CT molecular complexity index is 1240. The van der Waals surface area contributed by atoms with E-state index in [0.717, 1.165) is 6.20 Å². The van der Waals surface area contributed by atoms with Gasteiger partial charge in [0.1, 0.15) is 5.69 Å². The fourth-order valence-electron chi connectivity index (χ4n) is 2.96. The van der Waals surface area contributed by atoms with Gasteiger partial charge >= 0.3 is 6.18 Å². The second-order valence-corrected chi connectivity index (χ2v) is 6.81. The normalized spacial score (nSPS) is 11.5. The third kappa shape index (κ3) is 4.80. The molecule has 0 saturated heterocycles. The summed E-state index contributed by atoms with van der Waals surface area (Å²) >= 11 is 0. The average Bonchev–Trinajstić information content (AvgIpc) is 2.97. The molecule has 0 saturated carbocycles. The maximum Gasteiger partial charge on any atom is 0.454 e. The molecule has 7 nitrogen and oxygen atoms in total. The van der Waals surface area contributed by atoms with Crippen LogP contribution in [0.5, 0.6) is 0 Å². The van der Waals surface area contributed by atoms with Crippen molar-refractivity contribution in [2.24, 2.45) is 7.05 Å². The Labute approximate surface area is 180 Å². The summed E-state index contributed by atoms with van der Waals surface area (Å²) in [5, 5.41) is 5.12. The highest BCUT2D eigenvalue weighted by Gasteiger charge is 2.36. The van der Waals surface area contributed by atoms with Crippen LogP contribution in [0.15, 0.2) is 71.7 Å². The fourth-order valence-corrected chi connectivity index (χ4v) is 2.96. The molecule has 10 heteroatoms. The Morgan fingerprint density at radius 3 is 2.38 bits per heavy atom. The molecule has 0 aliphatic heterocycles. The fraction of sp³-hybridized carbons (Fsp3) is 0.136. The molecule has 3 rings (SSSR count). The van der Waals surface area contributed by atoms with Gasteiger partial charge in [0.05, 0.1) is 11.4 Å². The number of nitrogens with zero attached hydrogens (tertiary/aromatic N) is 2. The molecule has 2 aromatic carbocycles. The van der Waals surface area contributed by atoms with Gasteiger partial charge in [-0.15, -0.1) is 0 Å². The van der Waals surface area contributed by atoms with E-state index in [1.54, 1.807) is 42.9 Å². The van der Waals surface area contributed by atoms with E-state index >= 15 is 0 Å². The molecule has 0 aliphatic carbocycles. The van der Waals surface area contributed by atoms with Crippen LogP contribution >= 0.6 is 0 Å². The number of benzene rings is 2. The first-order valence-electron chi connectivity index (χ1n) is 9.39. The topological polar surface area (TPSA) is 85.1 Å². The number of halogens is 3. The van der Waals surface area contributed by atoms with E-state index in [-0.39, 0.29) is 16.9 Å². The summed E-state index contributed by atoms with van der Waals surface area (Å²) in [5.74, 6) is -2.58. The molecule has 0 radical (unpaired) electrons. The highest BCUT2D eigenvalue weighted by molar-refractivity contribution is 6.05. The second-order valence-electron chi connectivity index (χ2n) is 6.81. The second kappa shape index (κ2) is 8.96. The van der Waals surface area contributed by atoms with Crippen molar-refractivity contribution in [3.05, 3.63) is 88.5 Å². The van der Waals surface area contributed by atoms with Gasteiger partial charge in [0.25, 0.3) is 17.2 Å². The van der Waals surface area contributed by atoms with Crippen molar-refractivity contribution in [2.45, 2.75) is 13.1 Å². The Morgan fingerprint density at radius 1 is 1.03 bits per heavy atom. The molecule has 166 valence electrons. The number of hydrogen-bond donors (Lipinski definition) is 2. The number of aromatic nitrogens is 2. The van der Waals surface area contributed by atoms with Crippen LogP contribution in [0.25, 0.3) is 5.69 Å². The molecule has 0 atom stereocenters. The highest BCUT2D eigenvalue weighted by atomic mass is 19.4. The van der Waals surface area contributed by atoms with E-state index in [4.69, 9.17) is 0 Å². The minimum absolute atomic E-state index is 0.107. The van der Waals surface area contributed by atoms with Crippen molar-refractivity contribution in [3.8, 4) is 5.69 Å². The number of allylic oxidation sites excluding steroid dienone is 1. The summed E-state index contributed by atoms with van der Waals surface area (Å²) in [5.41, 5.74) is 1.32. The minimum atomic E-state index is -4.96. The molecule has 2 N–H and O–H groups in total. The quantitative estimate of drug-likeness (QED) is 0.567. The molecule has 0 aliphatic rings. The van der Waals surface area contributed by atoms with E-state index in [0.29, 0.717) is 17.5 Å². The van der Waals surface area contributed by atoms with Gasteiger partial charge in [-0.05, 0) is 37.3 Å². The number of carbonyl (C=O) groups excluding carboxylic acids is 2. The minimum Gasteiger partial charge on any atom is -0.362 e. The zero-order valence-electron chi connectivity index (χ0n) is 17.1. The highest BCUT2D eigenvalue weighted by Crippen LogP contribution is 2.18. The predicted molar refractivity (Wildman–Crippen MR) is 114 cm³/mol. The van der Waals surface area contributed by atoms with Crippen LogP contribution in [-0.2, 0) is 11.8 Å². The van der Waals surface area contributed by atoms with Crippen molar-refractivity contribution in [1.82, 2.24) is 9.36 Å². The van der Waals surface area contributed by atoms with Gasteiger partial charge in [-0.25, -0.2) is 4.68 Å². The molecule has 1 amide bonds. The van der Waals surface area contributed by atoms with Crippen molar-refractivity contribution >= 4 is 23.1 Å². The summed E-state index contributed by atoms with van der Waals surface area (Å²) in [6, 6.07) is 14.8. The number of ketones is 1. The molecule has 32 heavy (non-hydrogen) atoms. The van der Waals surface area contributed by atoms with Gasteiger partial charge in [0.2, 0.25) is 0 Å². The summed E-state index contributed by atoms with van der Waals surface area (Å²) in [4.78, 5) is 36.5. The predicted octanol–water partition coefficient (Wildman–Crippen LogP) is 3.79. The molecule has 1 heterocycles. The molecule has 0 unspecified atom stereocenters. The molecule has 0 bridgehead atoms. The Balaban J connectivity index is 1.80. The van der Waals surface area contributed by atoms with Gasteiger partial charge in [-0.1, -0.05) is 24.3 Å². The summed E-state index contributed by atoms with van der Waals surface area (Å²) < 4.78 is 39.8. The number of rotatable bonds is 6. The van der Waals surface area contributed by atoms with Crippen LogP contribution in [-0.4, -0.2) is 27.2 Å². The van der Waals surface area contributed by atoms with E-state index in [2.05, 4.69) is 10.6 Å². The maximum atomic E-state index is 12.9. The Hall–Kier alpha value is -4.08. The number of carbonyl (C=O) groups is 2. The first-order valence-corrected chi connectivity index (χ1v) is 9.39. The van der Waals surface area contributed by atoms with E-state index in [9.17, 15) is 27.6 Å². The van der Waals surface area contributed by atoms with E-state index < -0.39 is 23.4 Å². The number of nitrogens with one attached hydrogen (secondary N) is 2. The van der Waals surface area contributed by atoms with E-state index in [1.807, 2.05) is 6.07 Å². The average molecular weight is 444 g/mol. The first-order chi connectivity index (χ1) is 15.1. The molecule has 0 fully saturated rings. The van der Waals surface area contributed by atoms with Crippen molar-refractivity contribution in [3.63, 3.8) is 0 Å². The Morgan fingerprint density at radius 2 is 1.72 bits per heavy atom. The van der Waals surface area contributed by atoms with Crippen LogP contribution in [0.3, 0.4) is 0 Å². The van der Waals surface area contributed by atoms with Crippen LogP contribution in [0, 0.1) is 6.92 Å². The van der Waals surface area contributed by atoms with Gasteiger partial charge in [0, 0.05) is 30.6 Å². The Kier molecular flexibility index (Phi) is 6.33. The lowest BCUT2D eigenvalue weighted by Gasteiger charge is -2.07. The number of anilines is 2. The number of hydrogen-bond acceptors (Lipinski definition) is 4. The molecular formula is C22H19F3N4O3. The zero-order valence-corrected chi connectivity index (χ0v) is 17.1. The zero-order chi connectivity index (χ0) is 23.5. The van der Waals surface area contributed by atoms with Crippen molar-refractivity contribution in [1.29, 1.82) is 0 Å². The summed E-state index contributed by atoms with van der Waals surface area (Å²) in [6.07, 6.45) is -3.76. The lowest BCUT2D eigenvalue weighted by molar-refractivity contribution is -0.165. The van der Waals surface area contributed by atoms with Gasteiger partial charge in [0.15, 0.2) is 0 Å². The summed E-state index contributed by atoms with van der Waals surface area (Å²) in [7, 11) is 1.69. The molecule has 3 aromatic rings. The standard InChI is InChI=1S/C22H19F3N4O3/c1-14-19(21(32)29(28(14)2)17-9-4-3-5-10-17)27-20(31)15-7-6-8-16(13-15)26-12-11-18(30)22(23,24)25/h3-13,26H,1-2H3,(H,27,31). The number of amides is 1. The molecular weight excluding hydrogens is 425 g/mol. The third-order valence-electron chi connectivity index (χ3n) is 4.68. The van der Waals surface area contributed by atoms with Crippen molar-refractivity contribution in [2.75, 3.05) is 10.6 Å². The lowest BCUT2D eigenvalue weighted by Crippen LogP contribution is -2.23. The van der Waals surface area contributed by atoms with Crippen LogP contribution in [0.2, 0.25) is 0 Å². The van der Waals surface area contributed by atoms with Crippen molar-refractivity contribution < 1.29 is 22.8 Å². The largest absolute Gasteiger partial charge is 0.454 e. The molecule has 1 aromatic heterocycles. The summed E-state index contributed by atoms with van der Waals surface area (Å²) in [6.45, 7) is 1.69. The van der Waals surface area contributed by atoms with E-state index in [1.165, 1.54) is 28.9 Å². The SMILES string of the molecule is Cc1c(NC(=O)c2cccc(NC=CC(=O)C(F)(F)F)c2)c(=O)n(-c2ccccc2)n1C. The number of alkyl halides is 3. The van der Waals surface area contributed by atoms with Gasteiger partial charge in [-0.2, -0.15) is 13.2 Å². The van der Waals surface area contributed by atoms with Crippen LogP contribution in [0.1, 0.15) is 16.1 Å². The van der Waals surface area contributed by atoms with Crippen LogP contribution < -0.4 is 16.2 Å². The third-order valence-corrected chi connectivity index (χ3v) is 4.68. The van der Waals surface area contributed by atoms with Gasteiger partial charge < -0.3 is 10.6 Å². The first kappa shape index (κ1) is 22.6. The maximum absolute atomic E-state index is 12.9. The number of para-hydroxylation sites is 1. The smallest absolute Gasteiger partial charge is 0.362 e.